The molecule has 1 N–H and O–H groups in total. The lowest BCUT2D eigenvalue weighted by Gasteiger charge is -2.43. The fourth-order valence-corrected chi connectivity index (χ4v) is 7.44. The van der Waals surface area contributed by atoms with E-state index in [1.807, 2.05) is 17.0 Å². The van der Waals surface area contributed by atoms with Crippen LogP contribution in [0.2, 0.25) is 0 Å². The highest BCUT2D eigenvalue weighted by Crippen LogP contribution is 2.43. The molecule has 3 aromatic carbocycles. The van der Waals surface area contributed by atoms with E-state index in [1.54, 1.807) is 6.07 Å². The highest BCUT2D eigenvalue weighted by molar-refractivity contribution is 6.24. The molecule has 1 atom stereocenters. The summed E-state index contributed by atoms with van der Waals surface area (Å²) in [7, 11) is 0. The standard InChI is InChI=1S/C35H34N4O5/c40-29-14-13-28(31(41)36-29)39-33(43)26-12-11-25(21-27(26)34(39)44)32(42)38-20-17-35(22-38)15-18-37(19-16-35)30(23-7-3-1-4-8-23)24-9-5-2-6-10-24/h1-12,21,28,30H,13-20,22H2,(H,36,40,41). The normalized spacial score (nSPS) is 21.7. The van der Waals surface area contributed by atoms with Gasteiger partial charge in [-0.1, -0.05) is 60.7 Å². The molecule has 3 saturated heterocycles. The molecule has 9 nitrogen and oxygen atoms in total. The lowest BCUT2D eigenvalue weighted by molar-refractivity contribution is -0.136. The molecule has 3 aromatic rings. The van der Waals surface area contributed by atoms with Crippen molar-refractivity contribution >= 4 is 29.5 Å². The van der Waals surface area contributed by atoms with Crippen molar-refractivity contribution in [3.8, 4) is 0 Å². The van der Waals surface area contributed by atoms with Crippen molar-refractivity contribution in [1.82, 2.24) is 20.0 Å². The van der Waals surface area contributed by atoms with Gasteiger partial charge in [0.05, 0.1) is 17.2 Å². The number of carbonyl (C=O) groups excluding carboxylic acids is 5. The largest absolute Gasteiger partial charge is 0.338 e. The van der Waals surface area contributed by atoms with E-state index in [0.29, 0.717) is 18.7 Å². The third-order valence-corrected chi connectivity index (χ3v) is 9.87. The minimum absolute atomic E-state index is 0.0508. The summed E-state index contributed by atoms with van der Waals surface area (Å²) < 4.78 is 0. The molecule has 7 rings (SSSR count). The van der Waals surface area contributed by atoms with Gasteiger partial charge in [-0.2, -0.15) is 0 Å². The zero-order valence-electron chi connectivity index (χ0n) is 24.4. The molecule has 0 radical (unpaired) electrons. The number of carbonyl (C=O) groups is 5. The number of piperidine rings is 2. The molecule has 5 amide bonds. The van der Waals surface area contributed by atoms with Gasteiger partial charge in [-0.3, -0.25) is 39.1 Å². The van der Waals surface area contributed by atoms with E-state index in [4.69, 9.17) is 0 Å². The number of nitrogens with zero attached hydrogens (tertiary/aromatic N) is 3. The van der Waals surface area contributed by atoms with Gasteiger partial charge in [-0.15, -0.1) is 0 Å². The van der Waals surface area contributed by atoms with Gasteiger partial charge >= 0.3 is 0 Å². The highest BCUT2D eigenvalue weighted by atomic mass is 16.2. The topological polar surface area (TPSA) is 107 Å². The second kappa shape index (κ2) is 11.1. The van der Waals surface area contributed by atoms with Gasteiger partial charge in [0.15, 0.2) is 0 Å². The zero-order chi connectivity index (χ0) is 30.4. The molecule has 9 heteroatoms. The average molecular weight is 591 g/mol. The van der Waals surface area contributed by atoms with Crippen molar-refractivity contribution in [2.24, 2.45) is 5.41 Å². The first-order valence-electron chi connectivity index (χ1n) is 15.3. The summed E-state index contributed by atoms with van der Waals surface area (Å²) in [4.78, 5) is 69.3. The number of benzene rings is 3. The van der Waals surface area contributed by atoms with Crippen LogP contribution in [0.25, 0.3) is 0 Å². The van der Waals surface area contributed by atoms with Crippen molar-refractivity contribution in [2.45, 2.75) is 44.2 Å². The van der Waals surface area contributed by atoms with Crippen LogP contribution in [-0.4, -0.2) is 76.5 Å². The monoisotopic (exact) mass is 590 g/mol. The third-order valence-electron chi connectivity index (χ3n) is 9.87. The van der Waals surface area contributed by atoms with Crippen LogP contribution in [0.5, 0.6) is 0 Å². The Hall–Kier alpha value is -4.63. The lowest BCUT2D eigenvalue weighted by atomic mass is 9.77. The highest BCUT2D eigenvalue weighted by Gasteiger charge is 2.46. The Kier molecular flexibility index (Phi) is 7.13. The molecule has 224 valence electrons. The van der Waals surface area contributed by atoms with Gasteiger partial charge in [0.2, 0.25) is 11.8 Å². The minimum Gasteiger partial charge on any atom is -0.338 e. The molecular formula is C35H34N4O5. The van der Waals surface area contributed by atoms with Gasteiger partial charge in [-0.05, 0) is 73.5 Å². The summed E-state index contributed by atoms with van der Waals surface area (Å²) in [6.45, 7) is 3.17. The second-order valence-corrected chi connectivity index (χ2v) is 12.4. The summed E-state index contributed by atoms with van der Waals surface area (Å²) >= 11 is 0. The summed E-state index contributed by atoms with van der Waals surface area (Å²) in [5.74, 6) is -2.41. The first-order valence-corrected chi connectivity index (χ1v) is 15.3. The maximum Gasteiger partial charge on any atom is 0.262 e. The maximum atomic E-state index is 13.7. The molecule has 4 heterocycles. The Morgan fingerprint density at radius 1 is 0.773 bits per heavy atom. The van der Waals surface area contributed by atoms with E-state index < -0.39 is 29.7 Å². The van der Waals surface area contributed by atoms with Crippen LogP contribution in [0.3, 0.4) is 0 Å². The Morgan fingerprint density at radius 3 is 2.02 bits per heavy atom. The molecule has 4 aliphatic heterocycles. The van der Waals surface area contributed by atoms with Crippen LogP contribution in [0, 0.1) is 5.41 Å². The van der Waals surface area contributed by atoms with Crippen LogP contribution in [0.1, 0.15) is 80.3 Å². The minimum atomic E-state index is -1.04. The number of likely N-dealkylation sites (tertiary alicyclic amines) is 2. The van der Waals surface area contributed by atoms with Crippen molar-refractivity contribution in [3.05, 3.63) is 107 Å². The van der Waals surface area contributed by atoms with Crippen molar-refractivity contribution < 1.29 is 24.0 Å². The number of fused-ring (bicyclic) bond motifs is 1. The fraction of sp³-hybridized carbons (Fsp3) is 0.343. The molecular weight excluding hydrogens is 556 g/mol. The van der Waals surface area contributed by atoms with E-state index in [0.717, 1.165) is 37.3 Å². The molecule has 0 aromatic heterocycles. The molecule has 0 saturated carbocycles. The van der Waals surface area contributed by atoms with E-state index in [9.17, 15) is 24.0 Å². The lowest BCUT2D eigenvalue weighted by Crippen LogP contribution is -2.54. The molecule has 4 aliphatic rings. The second-order valence-electron chi connectivity index (χ2n) is 12.4. The molecule has 3 fully saturated rings. The number of rotatable bonds is 5. The van der Waals surface area contributed by atoms with Crippen LogP contribution in [0.4, 0.5) is 0 Å². The van der Waals surface area contributed by atoms with Crippen LogP contribution in [0.15, 0.2) is 78.9 Å². The molecule has 0 aliphatic carbocycles. The number of hydrogen-bond donors (Lipinski definition) is 1. The predicted octanol–water partition coefficient (Wildman–Crippen LogP) is 3.81. The number of hydrogen-bond acceptors (Lipinski definition) is 6. The van der Waals surface area contributed by atoms with Gasteiger partial charge in [0.25, 0.3) is 17.7 Å². The van der Waals surface area contributed by atoms with Crippen LogP contribution < -0.4 is 5.32 Å². The summed E-state index contributed by atoms with van der Waals surface area (Å²) in [6.07, 6.45) is 3.06. The van der Waals surface area contributed by atoms with E-state index in [2.05, 4.69) is 58.7 Å². The third kappa shape index (κ3) is 4.91. The fourth-order valence-electron chi connectivity index (χ4n) is 7.44. The number of nitrogens with one attached hydrogen (secondary N) is 1. The van der Waals surface area contributed by atoms with Gasteiger partial charge in [0.1, 0.15) is 6.04 Å². The Labute approximate surface area is 255 Å². The van der Waals surface area contributed by atoms with Crippen molar-refractivity contribution in [2.75, 3.05) is 26.2 Å². The summed E-state index contributed by atoms with van der Waals surface area (Å²) in [5, 5.41) is 2.21. The first kappa shape index (κ1) is 28.2. The average Bonchev–Trinajstić information content (AvgIpc) is 3.57. The molecule has 1 unspecified atom stereocenters. The Balaban J connectivity index is 1.04. The smallest absolute Gasteiger partial charge is 0.262 e. The molecule has 44 heavy (non-hydrogen) atoms. The summed E-state index contributed by atoms with van der Waals surface area (Å²) in [6, 6.07) is 24.9. The Morgan fingerprint density at radius 2 is 1.39 bits per heavy atom. The maximum absolute atomic E-state index is 13.7. The van der Waals surface area contributed by atoms with Gasteiger partial charge in [-0.25, -0.2) is 0 Å². The van der Waals surface area contributed by atoms with Crippen molar-refractivity contribution in [1.29, 1.82) is 0 Å². The van der Waals surface area contributed by atoms with E-state index in [-0.39, 0.29) is 41.3 Å². The van der Waals surface area contributed by atoms with Gasteiger partial charge < -0.3 is 4.90 Å². The Bertz CT molecular complexity index is 1610. The molecule has 0 bridgehead atoms. The van der Waals surface area contributed by atoms with Crippen LogP contribution >= 0.6 is 0 Å². The number of amides is 5. The SMILES string of the molecule is O=C1CCC(N2C(=O)c3ccc(C(=O)N4CCC5(CCN(C(c6ccccc6)c6ccccc6)CC5)C4)cc3C2=O)C(=O)N1. The number of imide groups is 2. The predicted molar refractivity (Wildman–Crippen MR) is 162 cm³/mol. The molecule has 1 spiro atoms. The van der Waals surface area contributed by atoms with Gasteiger partial charge in [0, 0.05) is 25.1 Å². The van der Waals surface area contributed by atoms with Crippen molar-refractivity contribution in [3.63, 3.8) is 0 Å². The quantitative estimate of drug-likeness (QED) is 0.453. The van der Waals surface area contributed by atoms with Crippen LogP contribution in [-0.2, 0) is 9.59 Å². The van der Waals surface area contributed by atoms with E-state index in [1.165, 1.54) is 23.3 Å². The zero-order valence-corrected chi connectivity index (χ0v) is 24.4. The van der Waals surface area contributed by atoms with E-state index >= 15 is 0 Å². The summed E-state index contributed by atoms with van der Waals surface area (Å²) in [5.41, 5.74) is 3.26. The first-order chi connectivity index (χ1) is 21.3.